The lowest BCUT2D eigenvalue weighted by Gasteiger charge is -2.27. The second-order valence-electron chi connectivity index (χ2n) is 15.3. The maximum Gasteiger partial charge on any atom is 0.0541 e. The Bertz CT molecular complexity index is 3250. The van der Waals surface area contributed by atoms with Gasteiger partial charge in [0.15, 0.2) is 0 Å². The van der Waals surface area contributed by atoms with Gasteiger partial charge in [-0.15, -0.1) is 0 Å². The number of para-hydroxylation sites is 2. The van der Waals surface area contributed by atoms with Crippen LogP contribution in [0.4, 0.5) is 17.1 Å². The van der Waals surface area contributed by atoms with Crippen LogP contribution in [0.3, 0.4) is 0 Å². The lowest BCUT2D eigenvalue weighted by atomic mass is 9.93. The molecule has 0 atom stereocenters. The first-order valence-corrected chi connectivity index (χ1v) is 20.6. The molecule has 0 bridgehead atoms. The Labute approximate surface area is 350 Å². The quantitative estimate of drug-likeness (QED) is 0.150. The molecular formula is C58H40N2. The van der Waals surface area contributed by atoms with Crippen LogP contribution < -0.4 is 4.90 Å². The highest BCUT2D eigenvalue weighted by molar-refractivity contribution is 6.09. The molecule has 11 rings (SSSR count). The van der Waals surface area contributed by atoms with E-state index in [1.54, 1.807) is 0 Å². The lowest BCUT2D eigenvalue weighted by Crippen LogP contribution is -2.10. The first-order chi connectivity index (χ1) is 29.8. The van der Waals surface area contributed by atoms with Crippen LogP contribution >= 0.6 is 0 Å². The summed E-state index contributed by atoms with van der Waals surface area (Å²) in [5.41, 5.74) is 16.3. The average molecular weight is 765 g/mol. The number of nitrogens with zero attached hydrogens (tertiary/aromatic N) is 2. The van der Waals surface area contributed by atoms with Crippen LogP contribution in [0.5, 0.6) is 0 Å². The van der Waals surface area contributed by atoms with E-state index in [1.807, 2.05) is 0 Å². The van der Waals surface area contributed by atoms with Crippen molar-refractivity contribution in [3.63, 3.8) is 0 Å². The van der Waals surface area contributed by atoms with E-state index in [9.17, 15) is 0 Å². The minimum absolute atomic E-state index is 1.08. The lowest BCUT2D eigenvalue weighted by molar-refractivity contribution is 1.18. The fourth-order valence-corrected chi connectivity index (χ4v) is 8.96. The van der Waals surface area contributed by atoms with Crippen molar-refractivity contribution in [2.45, 2.75) is 0 Å². The Morgan fingerprint density at radius 1 is 0.267 bits per heavy atom. The maximum atomic E-state index is 2.40. The van der Waals surface area contributed by atoms with E-state index < -0.39 is 0 Å². The fourth-order valence-electron chi connectivity index (χ4n) is 8.96. The molecule has 0 unspecified atom stereocenters. The normalized spacial score (nSPS) is 11.3. The monoisotopic (exact) mass is 764 g/mol. The first-order valence-electron chi connectivity index (χ1n) is 20.6. The van der Waals surface area contributed by atoms with E-state index in [-0.39, 0.29) is 0 Å². The van der Waals surface area contributed by atoms with Crippen molar-refractivity contribution in [3.05, 3.63) is 243 Å². The van der Waals surface area contributed by atoms with E-state index in [2.05, 4.69) is 252 Å². The molecule has 0 N–H and O–H groups in total. The molecule has 0 aliphatic rings. The molecule has 0 saturated heterocycles. The molecule has 0 saturated carbocycles. The van der Waals surface area contributed by atoms with Crippen molar-refractivity contribution >= 4 is 49.6 Å². The van der Waals surface area contributed by atoms with E-state index in [0.29, 0.717) is 0 Å². The summed E-state index contributed by atoms with van der Waals surface area (Å²) in [5, 5.41) is 5.00. The Morgan fingerprint density at radius 2 is 0.783 bits per heavy atom. The molecule has 1 aromatic heterocycles. The Balaban J connectivity index is 1.08. The van der Waals surface area contributed by atoms with E-state index in [0.717, 1.165) is 28.3 Å². The number of rotatable bonds is 8. The molecule has 60 heavy (non-hydrogen) atoms. The number of aromatic nitrogens is 1. The van der Waals surface area contributed by atoms with Crippen molar-refractivity contribution in [3.8, 4) is 50.2 Å². The number of anilines is 3. The molecule has 0 aliphatic carbocycles. The second-order valence-corrected chi connectivity index (χ2v) is 15.3. The summed E-state index contributed by atoms with van der Waals surface area (Å²) in [6.45, 7) is 0. The van der Waals surface area contributed by atoms with Gasteiger partial charge in [0, 0.05) is 33.5 Å². The van der Waals surface area contributed by atoms with Crippen molar-refractivity contribution in [2.24, 2.45) is 0 Å². The Morgan fingerprint density at radius 3 is 1.52 bits per heavy atom. The molecule has 2 nitrogen and oxygen atoms in total. The molecule has 0 radical (unpaired) electrons. The zero-order chi connectivity index (χ0) is 39.8. The summed E-state index contributed by atoms with van der Waals surface area (Å²) in [5.74, 6) is 0. The third-order valence-electron chi connectivity index (χ3n) is 11.8. The number of fused-ring (bicyclic) bond motifs is 4. The third kappa shape index (κ3) is 6.32. The van der Waals surface area contributed by atoms with Gasteiger partial charge in [0.25, 0.3) is 0 Å². The predicted molar refractivity (Wildman–Crippen MR) is 255 cm³/mol. The molecule has 2 heteroatoms. The SMILES string of the molecule is c1ccc(-c2ccc(N(c3cccc(-c4cccc5ccccc45)c3)c3ccc(-c4cccc(-n5c6ccccc6c6ccccc65)c4)c(-c4ccccc4)c3)cc2)cc1. The minimum Gasteiger partial charge on any atom is -0.310 e. The van der Waals surface area contributed by atoms with Gasteiger partial charge in [-0.25, -0.2) is 0 Å². The predicted octanol–water partition coefficient (Wildman–Crippen LogP) is 16.1. The van der Waals surface area contributed by atoms with Crippen molar-refractivity contribution in [1.29, 1.82) is 0 Å². The zero-order valence-corrected chi connectivity index (χ0v) is 33.0. The summed E-state index contributed by atoms with van der Waals surface area (Å²) in [6.07, 6.45) is 0. The molecule has 0 fully saturated rings. The third-order valence-corrected chi connectivity index (χ3v) is 11.8. The van der Waals surface area contributed by atoms with Crippen LogP contribution in [-0.2, 0) is 0 Å². The van der Waals surface area contributed by atoms with Gasteiger partial charge in [0.05, 0.1) is 11.0 Å². The van der Waals surface area contributed by atoms with Crippen molar-refractivity contribution in [1.82, 2.24) is 4.57 Å². The van der Waals surface area contributed by atoms with Crippen LogP contribution in [0, 0.1) is 0 Å². The van der Waals surface area contributed by atoms with E-state index in [1.165, 1.54) is 71.5 Å². The minimum atomic E-state index is 1.08. The summed E-state index contributed by atoms with van der Waals surface area (Å²) < 4.78 is 2.40. The van der Waals surface area contributed by atoms with E-state index in [4.69, 9.17) is 0 Å². The highest BCUT2D eigenvalue weighted by Crippen LogP contribution is 2.43. The zero-order valence-electron chi connectivity index (χ0n) is 33.0. The van der Waals surface area contributed by atoms with Gasteiger partial charge in [-0.3, -0.25) is 0 Å². The number of hydrogen-bond donors (Lipinski definition) is 0. The van der Waals surface area contributed by atoms with E-state index >= 15 is 0 Å². The van der Waals surface area contributed by atoms with Crippen LogP contribution in [-0.4, -0.2) is 4.57 Å². The summed E-state index contributed by atoms with van der Waals surface area (Å²) in [7, 11) is 0. The Kier molecular flexibility index (Phi) is 8.87. The van der Waals surface area contributed by atoms with Crippen LogP contribution in [0.15, 0.2) is 243 Å². The van der Waals surface area contributed by atoms with Crippen LogP contribution in [0.1, 0.15) is 0 Å². The van der Waals surface area contributed by atoms with Gasteiger partial charge >= 0.3 is 0 Å². The molecule has 0 aliphatic heterocycles. The fraction of sp³-hybridized carbons (Fsp3) is 0. The van der Waals surface area contributed by atoms with Crippen LogP contribution in [0.2, 0.25) is 0 Å². The molecule has 0 spiro atoms. The Hall–Kier alpha value is -7.94. The molecular weight excluding hydrogens is 725 g/mol. The van der Waals surface area contributed by atoms with Gasteiger partial charge in [-0.2, -0.15) is 0 Å². The van der Waals surface area contributed by atoms with Crippen molar-refractivity contribution in [2.75, 3.05) is 4.90 Å². The molecule has 0 amide bonds. The average Bonchev–Trinajstić information content (AvgIpc) is 3.67. The topological polar surface area (TPSA) is 8.17 Å². The van der Waals surface area contributed by atoms with Crippen molar-refractivity contribution < 1.29 is 0 Å². The number of benzene rings is 10. The van der Waals surface area contributed by atoms with Gasteiger partial charge in [-0.05, 0) is 116 Å². The summed E-state index contributed by atoms with van der Waals surface area (Å²) in [6, 6.07) is 87.9. The summed E-state index contributed by atoms with van der Waals surface area (Å²) >= 11 is 0. The highest BCUT2D eigenvalue weighted by atomic mass is 15.1. The largest absolute Gasteiger partial charge is 0.310 e. The van der Waals surface area contributed by atoms with Gasteiger partial charge < -0.3 is 9.47 Å². The highest BCUT2D eigenvalue weighted by Gasteiger charge is 2.19. The van der Waals surface area contributed by atoms with Gasteiger partial charge in [0.1, 0.15) is 0 Å². The van der Waals surface area contributed by atoms with Crippen LogP contribution in [0.25, 0.3) is 82.8 Å². The first kappa shape index (κ1) is 35.2. The molecule has 282 valence electrons. The molecule has 11 aromatic rings. The standard InChI is InChI=1S/C58H40N2/c1-3-16-41(17-4-1)42-32-34-47(35-33-42)59(48-24-13-22-45(38-48)52-29-15-21-43-20-7-8-26-51(43)52)50-36-37-53(56(40-50)44-18-5-2-6-19-44)46-23-14-25-49(39-46)60-57-30-11-9-27-54(57)55-28-10-12-31-58(55)60/h1-40H. The summed E-state index contributed by atoms with van der Waals surface area (Å²) in [4.78, 5) is 2.40. The smallest absolute Gasteiger partial charge is 0.0541 e. The van der Waals surface area contributed by atoms with Gasteiger partial charge in [0.2, 0.25) is 0 Å². The second kappa shape index (κ2) is 15.1. The molecule has 1 heterocycles. The molecule has 10 aromatic carbocycles. The maximum absolute atomic E-state index is 2.40. The van der Waals surface area contributed by atoms with Gasteiger partial charge in [-0.1, -0.05) is 182 Å². The number of hydrogen-bond acceptors (Lipinski definition) is 1.